The van der Waals surface area contributed by atoms with Crippen molar-refractivity contribution in [2.75, 3.05) is 44.2 Å². The molecule has 1 aromatic heterocycles. The predicted octanol–water partition coefficient (Wildman–Crippen LogP) is 4.57. The number of rotatable bonds is 12. The third-order valence-corrected chi connectivity index (χ3v) is 8.35. The Morgan fingerprint density at radius 3 is 2.57 bits per heavy atom. The van der Waals surface area contributed by atoms with E-state index in [1.807, 2.05) is 20.8 Å². The van der Waals surface area contributed by atoms with E-state index in [9.17, 15) is 14.0 Å². The van der Waals surface area contributed by atoms with E-state index < -0.39 is 11.9 Å². The molecule has 0 radical (unpaired) electrons. The van der Waals surface area contributed by atoms with E-state index >= 15 is 0 Å². The Hall–Kier alpha value is -3.54. The summed E-state index contributed by atoms with van der Waals surface area (Å²) in [5, 5.41) is 19.7. The summed E-state index contributed by atoms with van der Waals surface area (Å²) in [7, 11) is 0. The topological polar surface area (TPSA) is 124 Å². The zero-order chi connectivity index (χ0) is 30.6. The van der Waals surface area contributed by atoms with Crippen LogP contribution in [-0.4, -0.2) is 93.4 Å². The van der Waals surface area contributed by atoms with Gasteiger partial charge in [-0.25, -0.2) is 14.2 Å². The summed E-state index contributed by atoms with van der Waals surface area (Å²) in [6, 6.07) is 4.26. The number of anilines is 1. The number of aromatic nitrogens is 3. The Bertz CT molecular complexity index is 1270. The molecular formula is C30H44FN7O4. The molecule has 1 atom stereocenters. The van der Waals surface area contributed by atoms with Gasteiger partial charge in [0.15, 0.2) is 11.6 Å². The average Bonchev–Trinajstić information content (AvgIpc) is 3.35. The number of hydrogen-bond donors (Lipinski definition) is 2. The number of amides is 2. The number of hydrogen-bond acceptors (Lipinski definition) is 8. The number of aryl methyl sites for hydroxylation is 1. The van der Waals surface area contributed by atoms with Crippen molar-refractivity contribution in [3.8, 4) is 11.6 Å². The van der Waals surface area contributed by atoms with Gasteiger partial charge in [0.05, 0.1) is 5.56 Å². The first-order chi connectivity index (χ1) is 19.9. The quantitative estimate of drug-likeness (QED) is 0.345. The Labute approximate surface area is 247 Å². The first-order valence-corrected chi connectivity index (χ1v) is 14.9. The number of likely N-dealkylation sites (tertiary alicyclic amines) is 1. The van der Waals surface area contributed by atoms with Crippen LogP contribution in [0.15, 0.2) is 18.2 Å². The second-order valence-corrected chi connectivity index (χ2v) is 12.2. The first-order valence-electron chi connectivity index (χ1n) is 14.9. The first kappa shape index (κ1) is 31.4. The third kappa shape index (κ3) is 7.08. The number of benzene rings is 1. The fourth-order valence-corrected chi connectivity index (χ4v) is 6.29. The van der Waals surface area contributed by atoms with Crippen LogP contribution in [-0.2, 0) is 0 Å². The Morgan fingerprint density at radius 1 is 1.19 bits per heavy atom. The lowest BCUT2D eigenvalue weighted by molar-refractivity contribution is -0.0338. The van der Waals surface area contributed by atoms with Crippen LogP contribution in [0.1, 0.15) is 70.1 Å². The zero-order valence-corrected chi connectivity index (χ0v) is 25.6. The summed E-state index contributed by atoms with van der Waals surface area (Å²) in [5.74, 6) is 1.10. The van der Waals surface area contributed by atoms with Crippen LogP contribution in [0.2, 0.25) is 0 Å². The van der Waals surface area contributed by atoms with Crippen molar-refractivity contribution in [3.05, 3.63) is 35.4 Å². The minimum atomic E-state index is -0.983. The van der Waals surface area contributed by atoms with Crippen LogP contribution in [0, 0.1) is 24.1 Å². The minimum Gasteiger partial charge on any atom is -0.465 e. The molecule has 1 aromatic carbocycles. The molecule has 0 aliphatic carbocycles. The van der Waals surface area contributed by atoms with Crippen molar-refractivity contribution in [2.45, 2.75) is 72.9 Å². The van der Waals surface area contributed by atoms with Crippen LogP contribution in [0.25, 0.3) is 0 Å². The third-order valence-electron chi connectivity index (χ3n) is 8.35. The highest BCUT2D eigenvalue weighted by Crippen LogP contribution is 2.44. The number of nitrogens with zero attached hydrogens (tertiary/aromatic N) is 6. The average molecular weight is 586 g/mol. The fourth-order valence-electron chi connectivity index (χ4n) is 6.29. The van der Waals surface area contributed by atoms with Gasteiger partial charge in [-0.05, 0) is 71.1 Å². The molecule has 2 N–H and O–H groups in total. The van der Waals surface area contributed by atoms with Crippen molar-refractivity contribution < 1.29 is 23.8 Å². The van der Waals surface area contributed by atoms with Crippen LogP contribution in [0.5, 0.6) is 11.6 Å². The molecule has 4 rings (SSSR count). The number of ether oxygens (including phenoxy) is 1. The molecule has 1 spiro atoms. The lowest BCUT2D eigenvalue weighted by atomic mass is 9.76. The molecule has 12 heteroatoms. The van der Waals surface area contributed by atoms with Gasteiger partial charge in [0, 0.05) is 56.8 Å². The summed E-state index contributed by atoms with van der Waals surface area (Å²) in [4.78, 5) is 35.1. The predicted molar refractivity (Wildman–Crippen MR) is 158 cm³/mol. The fraction of sp³-hybridized carbons (Fsp3) is 0.633. The monoisotopic (exact) mass is 585 g/mol. The summed E-state index contributed by atoms with van der Waals surface area (Å²) in [6.45, 7) is 16.4. The normalized spacial score (nSPS) is 17.0. The molecule has 1 unspecified atom stereocenters. The van der Waals surface area contributed by atoms with E-state index in [-0.39, 0.29) is 34.6 Å². The summed E-state index contributed by atoms with van der Waals surface area (Å²) in [5.41, 5.74) is 0.253. The maximum Gasteiger partial charge on any atom is 0.404 e. The van der Waals surface area contributed by atoms with Gasteiger partial charge in [-0.3, -0.25) is 9.69 Å². The smallest absolute Gasteiger partial charge is 0.404 e. The van der Waals surface area contributed by atoms with Crippen molar-refractivity contribution in [1.82, 2.24) is 30.3 Å². The van der Waals surface area contributed by atoms with Gasteiger partial charge < -0.3 is 25.0 Å². The summed E-state index contributed by atoms with van der Waals surface area (Å²) in [6.07, 6.45) is 1.76. The largest absolute Gasteiger partial charge is 0.465 e. The van der Waals surface area contributed by atoms with Crippen LogP contribution in [0.4, 0.5) is 15.0 Å². The second-order valence-electron chi connectivity index (χ2n) is 12.2. The molecule has 2 amide bonds. The molecule has 230 valence electrons. The highest BCUT2D eigenvalue weighted by atomic mass is 19.1. The van der Waals surface area contributed by atoms with Gasteiger partial charge in [-0.2, -0.15) is 0 Å². The number of carboxylic acid groups (broad SMARTS) is 1. The molecule has 3 heterocycles. The molecular weight excluding hydrogens is 541 g/mol. The molecule has 0 bridgehead atoms. The van der Waals surface area contributed by atoms with Gasteiger partial charge >= 0.3 is 6.09 Å². The van der Waals surface area contributed by atoms with Crippen LogP contribution >= 0.6 is 0 Å². The van der Waals surface area contributed by atoms with E-state index in [0.29, 0.717) is 36.7 Å². The van der Waals surface area contributed by atoms with Crippen molar-refractivity contribution in [1.29, 1.82) is 0 Å². The standard InChI is InChI=1S/C30H44FN7O4/c1-7-38(20(4)5)28(39)23-15-22(31)10-11-25(23)42-27-26(33-21(6)34-35-27)36-14-12-30(16-36)17-37(18-30)24(19(2)3)9-8-13-32-29(40)41/h10-11,15,19-20,24,32H,7-9,12-14,16-18H2,1-6H3,(H,40,41). The Balaban J connectivity index is 1.48. The van der Waals surface area contributed by atoms with Gasteiger partial charge in [0.2, 0.25) is 0 Å². The molecule has 0 saturated carbocycles. The molecule has 2 aromatic rings. The maximum atomic E-state index is 14.3. The molecule has 2 saturated heterocycles. The van der Waals surface area contributed by atoms with Crippen molar-refractivity contribution >= 4 is 17.8 Å². The lowest BCUT2D eigenvalue weighted by Crippen LogP contribution is -2.62. The van der Waals surface area contributed by atoms with Crippen LogP contribution in [0.3, 0.4) is 0 Å². The van der Waals surface area contributed by atoms with Gasteiger partial charge in [0.1, 0.15) is 11.6 Å². The van der Waals surface area contributed by atoms with E-state index in [2.05, 4.69) is 44.1 Å². The minimum absolute atomic E-state index is 0.0606. The van der Waals surface area contributed by atoms with E-state index in [1.165, 1.54) is 18.2 Å². The Kier molecular flexibility index (Phi) is 9.85. The lowest BCUT2D eigenvalue weighted by Gasteiger charge is -2.53. The Morgan fingerprint density at radius 2 is 1.93 bits per heavy atom. The molecule has 42 heavy (non-hydrogen) atoms. The SMILES string of the molecule is CCN(C(=O)c1cc(F)ccc1Oc1nnc(C)nc1N1CCC2(C1)CN(C(CCCNC(=O)O)C(C)C)C2)C(C)C. The van der Waals surface area contributed by atoms with Gasteiger partial charge in [0.25, 0.3) is 11.8 Å². The molecule has 2 aliphatic heterocycles. The molecule has 2 fully saturated rings. The maximum absolute atomic E-state index is 14.3. The number of carbonyl (C=O) groups is 2. The van der Waals surface area contributed by atoms with E-state index in [1.54, 1.807) is 11.8 Å². The van der Waals surface area contributed by atoms with Gasteiger partial charge in [-0.15, -0.1) is 10.2 Å². The number of nitrogens with one attached hydrogen (secondary N) is 1. The van der Waals surface area contributed by atoms with Crippen molar-refractivity contribution in [2.24, 2.45) is 11.3 Å². The summed E-state index contributed by atoms with van der Waals surface area (Å²) >= 11 is 0. The second kappa shape index (κ2) is 13.2. The van der Waals surface area contributed by atoms with E-state index in [4.69, 9.17) is 9.84 Å². The molecule has 11 nitrogen and oxygen atoms in total. The molecule has 2 aliphatic rings. The number of carbonyl (C=O) groups excluding carboxylic acids is 1. The summed E-state index contributed by atoms with van der Waals surface area (Å²) < 4.78 is 20.5. The van der Waals surface area contributed by atoms with E-state index in [0.717, 1.165) is 45.4 Å². The zero-order valence-electron chi connectivity index (χ0n) is 25.6. The van der Waals surface area contributed by atoms with Gasteiger partial charge in [-0.1, -0.05) is 13.8 Å². The van der Waals surface area contributed by atoms with Crippen molar-refractivity contribution in [3.63, 3.8) is 0 Å². The van der Waals surface area contributed by atoms with Crippen LogP contribution < -0.4 is 15.0 Å². The highest BCUT2D eigenvalue weighted by molar-refractivity contribution is 5.97. The highest BCUT2D eigenvalue weighted by Gasteiger charge is 2.50. The number of halogens is 1.